The highest BCUT2D eigenvalue weighted by Gasteiger charge is 2.15. The molecule has 0 spiro atoms. The second kappa shape index (κ2) is 10.4. The molecule has 106 valence electrons. The number of carbonyl (C=O) groups is 1. The molecular formula is C12H25IN4O. The average Bonchev–Trinajstić information content (AvgIpc) is 2.50. The maximum Gasteiger partial charge on any atom is 0.222 e. The predicted molar refractivity (Wildman–Crippen MR) is 85.2 cm³/mol. The third kappa shape index (κ3) is 7.03. The first-order valence-electron chi connectivity index (χ1n) is 6.55. The van der Waals surface area contributed by atoms with Crippen molar-refractivity contribution in [1.82, 2.24) is 10.2 Å². The Morgan fingerprint density at radius 3 is 2.94 bits per heavy atom. The number of carbonyl (C=O) groups excluding carboxylic acids is 1. The highest BCUT2D eigenvalue weighted by atomic mass is 127. The third-order valence-corrected chi connectivity index (χ3v) is 2.90. The highest BCUT2D eigenvalue weighted by Crippen LogP contribution is 2.11. The van der Waals surface area contributed by atoms with Crippen molar-refractivity contribution < 1.29 is 4.79 Å². The van der Waals surface area contributed by atoms with Crippen LogP contribution in [0.5, 0.6) is 0 Å². The number of guanidine groups is 1. The molecule has 1 aliphatic heterocycles. The van der Waals surface area contributed by atoms with Crippen molar-refractivity contribution in [3.63, 3.8) is 0 Å². The number of nitrogens with zero attached hydrogens (tertiary/aromatic N) is 2. The zero-order chi connectivity index (χ0) is 12.5. The van der Waals surface area contributed by atoms with Gasteiger partial charge in [0.05, 0.1) is 0 Å². The van der Waals surface area contributed by atoms with E-state index in [0.717, 1.165) is 38.9 Å². The van der Waals surface area contributed by atoms with Crippen LogP contribution >= 0.6 is 24.0 Å². The SMILES string of the molecule is CCNC(N)=NCCCN1CCCCCC1=O.I. The quantitative estimate of drug-likeness (QED) is 0.333. The van der Waals surface area contributed by atoms with Crippen LogP contribution < -0.4 is 11.1 Å². The van der Waals surface area contributed by atoms with Crippen LogP contribution in [0.1, 0.15) is 39.0 Å². The molecule has 1 fully saturated rings. The minimum Gasteiger partial charge on any atom is -0.370 e. The maximum atomic E-state index is 11.7. The summed E-state index contributed by atoms with van der Waals surface area (Å²) < 4.78 is 0. The largest absolute Gasteiger partial charge is 0.370 e. The first kappa shape index (κ1) is 17.5. The number of hydrogen-bond donors (Lipinski definition) is 2. The summed E-state index contributed by atoms with van der Waals surface area (Å²) in [6.07, 6.45) is 4.95. The molecule has 5 nitrogen and oxygen atoms in total. The number of aliphatic imine (C=N–C) groups is 1. The zero-order valence-electron chi connectivity index (χ0n) is 11.2. The molecule has 0 bridgehead atoms. The summed E-state index contributed by atoms with van der Waals surface area (Å²) in [6.45, 7) is 5.17. The van der Waals surface area contributed by atoms with Gasteiger partial charge in [0.25, 0.3) is 0 Å². The van der Waals surface area contributed by atoms with Crippen molar-refractivity contribution in [3.8, 4) is 0 Å². The Bertz CT molecular complexity index is 271. The Hall–Kier alpha value is -0.530. The first-order chi connectivity index (χ1) is 8.24. The van der Waals surface area contributed by atoms with Crippen molar-refractivity contribution in [1.29, 1.82) is 0 Å². The molecule has 1 amide bonds. The minimum atomic E-state index is 0. The molecule has 0 aliphatic carbocycles. The van der Waals surface area contributed by atoms with Crippen LogP contribution in [-0.4, -0.2) is 42.9 Å². The smallest absolute Gasteiger partial charge is 0.222 e. The standard InChI is InChI=1S/C12H24N4O.HI/c1-2-14-12(13)15-8-6-10-16-9-5-3-4-7-11(16)17;/h2-10H2,1H3,(H3,13,14,15);1H. The Morgan fingerprint density at radius 2 is 2.22 bits per heavy atom. The number of halogens is 1. The van der Waals surface area contributed by atoms with Gasteiger partial charge in [0.2, 0.25) is 5.91 Å². The van der Waals surface area contributed by atoms with Gasteiger partial charge in [-0.1, -0.05) is 6.42 Å². The van der Waals surface area contributed by atoms with E-state index >= 15 is 0 Å². The number of nitrogens with two attached hydrogens (primary N) is 1. The predicted octanol–water partition coefficient (Wildman–Crippen LogP) is 1.32. The van der Waals surface area contributed by atoms with E-state index in [4.69, 9.17) is 5.73 Å². The van der Waals surface area contributed by atoms with E-state index < -0.39 is 0 Å². The number of likely N-dealkylation sites (tertiary alicyclic amines) is 1. The Kier molecular flexibility index (Phi) is 10.1. The van der Waals surface area contributed by atoms with Gasteiger partial charge in [-0.3, -0.25) is 9.79 Å². The molecule has 18 heavy (non-hydrogen) atoms. The number of amides is 1. The van der Waals surface area contributed by atoms with Gasteiger partial charge in [0.1, 0.15) is 0 Å². The van der Waals surface area contributed by atoms with E-state index in [1.54, 1.807) is 0 Å². The molecular weight excluding hydrogens is 343 g/mol. The summed E-state index contributed by atoms with van der Waals surface area (Å²) in [6, 6.07) is 0. The summed E-state index contributed by atoms with van der Waals surface area (Å²) in [4.78, 5) is 17.9. The molecule has 0 aromatic heterocycles. The summed E-state index contributed by atoms with van der Waals surface area (Å²) in [5, 5.41) is 2.95. The highest BCUT2D eigenvalue weighted by molar-refractivity contribution is 14.0. The zero-order valence-corrected chi connectivity index (χ0v) is 13.5. The van der Waals surface area contributed by atoms with Gasteiger partial charge >= 0.3 is 0 Å². The van der Waals surface area contributed by atoms with Crippen molar-refractivity contribution in [2.24, 2.45) is 10.7 Å². The summed E-state index contributed by atoms with van der Waals surface area (Å²) in [5.41, 5.74) is 5.61. The molecule has 3 N–H and O–H groups in total. The molecule has 0 unspecified atom stereocenters. The van der Waals surface area contributed by atoms with Crippen LogP contribution in [0.15, 0.2) is 4.99 Å². The Labute approximate surface area is 127 Å². The van der Waals surface area contributed by atoms with E-state index in [-0.39, 0.29) is 24.0 Å². The van der Waals surface area contributed by atoms with Crippen LogP contribution in [0, 0.1) is 0 Å². The fourth-order valence-corrected chi connectivity index (χ4v) is 1.97. The molecule has 0 saturated carbocycles. The summed E-state index contributed by atoms with van der Waals surface area (Å²) >= 11 is 0. The fraction of sp³-hybridized carbons (Fsp3) is 0.833. The third-order valence-electron chi connectivity index (χ3n) is 2.90. The van der Waals surface area contributed by atoms with Crippen LogP contribution in [-0.2, 0) is 4.79 Å². The van der Waals surface area contributed by atoms with Crippen molar-refractivity contribution >= 4 is 35.8 Å². The summed E-state index contributed by atoms with van der Waals surface area (Å²) in [5.74, 6) is 0.792. The first-order valence-corrected chi connectivity index (χ1v) is 6.55. The Morgan fingerprint density at radius 1 is 1.44 bits per heavy atom. The molecule has 0 atom stereocenters. The van der Waals surface area contributed by atoms with Gasteiger partial charge in [-0.2, -0.15) is 0 Å². The molecule has 1 rings (SSSR count). The lowest BCUT2D eigenvalue weighted by molar-refractivity contribution is -0.130. The Balaban J connectivity index is 0.00000289. The van der Waals surface area contributed by atoms with E-state index in [9.17, 15) is 4.79 Å². The molecule has 6 heteroatoms. The van der Waals surface area contributed by atoms with Gasteiger partial charge in [-0.15, -0.1) is 24.0 Å². The van der Waals surface area contributed by atoms with Crippen LogP contribution in [0.25, 0.3) is 0 Å². The van der Waals surface area contributed by atoms with Gasteiger partial charge < -0.3 is 16.0 Å². The van der Waals surface area contributed by atoms with Crippen LogP contribution in [0.4, 0.5) is 0 Å². The lowest BCUT2D eigenvalue weighted by Gasteiger charge is -2.19. The fourth-order valence-electron chi connectivity index (χ4n) is 1.97. The van der Waals surface area contributed by atoms with E-state index in [1.165, 1.54) is 6.42 Å². The monoisotopic (exact) mass is 368 g/mol. The molecule has 0 radical (unpaired) electrons. The van der Waals surface area contributed by atoms with Gasteiger partial charge in [0, 0.05) is 32.6 Å². The van der Waals surface area contributed by atoms with Gasteiger partial charge in [0.15, 0.2) is 5.96 Å². The van der Waals surface area contributed by atoms with Crippen LogP contribution in [0.2, 0.25) is 0 Å². The lowest BCUT2D eigenvalue weighted by atomic mass is 10.2. The lowest BCUT2D eigenvalue weighted by Crippen LogP contribution is -2.33. The minimum absolute atomic E-state index is 0. The molecule has 1 aliphatic rings. The van der Waals surface area contributed by atoms with Crippen molar-refractivity contribution in [3.05, 3.63) is 0 Å². The molecule has 0 aromatic carbocycles. The number of rotatable bonds is 5. The normalized spacial score (nSPS) is 17.1. The number of hydrogen-bond acceptors (Lipinski definition) is 2. The average molecular weight is 368 g/mol. The van der Waals surface area contributed by atoms with E-state index in [1.807, 2.05) is 11.8 Å². The second-order valence-corrected chi connectivity index (χ2v) is 4.34. The summed E-state index contributed by atoms with van der Waals surface area (Å²) in [7, 11) is 0. The second-order valence-electron chi connectivity index (χ2n) is 4.34. The van der Waals surface area contributed by atoms with Crippen molar-refractivity contribution in [2.45, 2.75) is 39.0 Å². The van der Waals surface area contributed by atoms with Crippen LogP contribution in [0.3, 0.4) is 0 Å². The van der Waals surface area contributed by atoms with E-state index in [0.29, 0.717) is 24.8 Å². The van der Waals surface area contributed by atoms with Crippen molar-refractivity contribution in [2.75, 3.05) is 26.2 Å². The number of nitrogens with one attached hydrogen (secondary N) is 1. The molecule has 1 heterocycles. The van der Waals surface area contributed by atoms with Gasteiger partial charge in [-0.25, -0.2) is 0 Å². The molecule has 1 saturated heterocycles. The topological polar surface area (TPSA) is 70.7 Å². The molecule has 0 aromatic rings. The van der Waals surface area contributed by atoms with Gasteiger partial charge in [-0.05, 0) is 26.2 Å². The van der Waals surface area contributed by atoms with E-state index in [2.05, 4.69) is 10.3 Å². The maximum absolute atomic E-state index is 11.7.